The minimum atomic E-state index is -0.344. The van der Waals surface area contributed by atoms with Gasteiger partial charge in [-0.2, -0.15) is 0 Å². The van der Waals surface area contributed by atoms with Crippen LogP contribution in [-0.2, 0) is 0 Å². The van der Waals surface area contributed by atoms with Crippen molar-refractivity contribution in [3.05, 3.63) is 11.9 Å². The van der Waals surface area contributed by atoms with Crippen molar-refractivity contribution in [3.8, 4) is 0 Å². The average molecular weight is 252 g/mol. The SMILES string of the molecule is CCCNc1cc(N(C)C(C)(C)CO)nc(C)n1. The molecule has 1 rings (SSSR count). The van der Waals surface area contributed by atoms with E-state index in [-0.39, 0.29) is 12.1 Å². The third kappa shape index (κ3) is 3.57. The zero-order valence-corrected chi connectivity index (χ0v) is 12.0. The summed E-state index contributed by atoms with van der Waals surface area (Å²) in [6.45, 7) is 8.91. The van der Waals surface area contributed by atoms with Crippen molar-refractivity contribution in [2.24, 2.45) is 0 Å². The Morgan fingerprint density at radius 1 is 1.39 bits per heavy atom. The molecule has 18 heavy (non-hydrogen) atoms. The van der Waals surface area contributed by atoms with Crippen LogP contribution in [0, 0.1) is 6.92 Å². The number of hydrogen-bond donors (Lipinski definition) is 2. The van der Waals surface area contributed by atoms with Gasteiger partial charge in [-0.1, -0.05) is 6.92 Å². The summed E-state index contributed by atoms with van der Waals surface area (Å²) < 4.78 is 0. The third-order valence-electron chi connectivity index (χ3n) is 3.02. The Hall–Kier alpha value is -1.36. The normalized spacial score (nSPS) is 11.4. The van der Waals surface area contributed by atoms with Crippen LogP contribution < -0.4 is 10.2 Å². The molecule has 0 saturated heterocycles. The van der Waals surface area contributed by atoms with E-state index in [9.17, 15) is 5.11 Å². The van der Waals surface area contributed by atoms with Crippen LogP contribution in [0.2, 0.25) is 0 Å². The van der Waals surface area contributed by atoms with Crippen LogP contribution in [0.4, 0.5) is 11.6 Å². The van der Waals surface area contributed by atoms with Gasteiger partial charge in [0.2, 0.25) is 0 Å². The lowest BCUT2D eigenvalue weighted by atomic mass is 10.1. The second-order valence-electron chi connectivity index (χ2n) is 5.11. The number of nitrogens with zero attached hydrogens (tertiary/aromatic N) is 3. The molecule has 1 aromatic heterocycles. The maximum Gasteiger partial charge on any atom is 0.134 e. The first-order valence-electron chi connectivity index (χ1n) is 6.35. The molecule has 0 unspecified atom stereocenters. The first-order chi connectivity index (χ1) is 8.40. The number of aliphatic hydroxyl groups excluding tert-OH is 1. The molecule has 1 aromatic rings. The van der Waals surface area contributed by atoms with E-state index in [0.717, 1.165) is 30.4 Å². The van der Waals surface area contributed by atoms with Gasteiger partial charge in [0.15, 0.2) is 0 Å². The highest BCUT2D eigenvalue weighted by Gasteiger charge is 2.24. The Bertz CT molecular complexity index is 393. The summed E-state index contributed by atoms with van der Waals surface area (Å²) in [6, 6.07) is 1.92. The lowest BCUT2D eigenvalue weighted by molar-refractivity contribution is 0.215. The highest BCUT2D eigenvalue weighted by atomic mass is 16.3. The average Bonchev–Trinajstić information content (AvgIpc) is 2.34. The summed E-state index contributed by atoms with van der Waals surface area (Å²) in [5.74, 6) is 2.38. The van der Waals surface area contributed by atoms with Crippen molar-refractivity contribution in [2.75, 3.05) is 30.4 Å². The first kappa shape index (κ1) is 14.7. The minimum Gasteiger partial charge on any atom is -0.394 e. The Balaban J connectivity index is 2.98. The molecule has 0 atom stereocenters. The summed E-state index contributed by atoms with van der Waals surface area (Å²) in [7, 11) is 1.93. The van der Waals surface area contributed by atoms with Crippen molar-refractivity contribution in [1.82, 2.24) is 9.97 Å². The smallest absolute Gasteiger partial charge is 0.134 e. The highest BCUT2D eigenvalue weighted by Crippen LogP contribution is 2.22. The minimum absolute atomic E-state index is 0.0737. The Morgan fingerprint density at radius 3 is 2.61 bits per heavy atom. The van der Waals surface area contributed by atoms with Gasteiger partial charge < -0.3 is 15.3 Å². The van der Waals surface area contributed by atoms with Crippen LogP contribution in [0.25, 0.3) is 0 Å². The third-order valence-corrected chi connectivity index (χ3v) is 3.02. The molecule has 0 fully saturated rings. The molecule has 5 heteroatoms. The highest BCUT2D eigenvalue weighted by molar-refractivity contribution is 5.50. The first-order valence-corrected chi connectivity index (χ1v) is 6.35. The van der Waals surface area contributed by atoms with E-state index in [1.165, 1.54) is 0 Å². The monoisotopic (exact) mass is 252 g/mol. The van der Waals surface area contributed by atoms with E-state index < -0.39 is 0 Å². The lowest BCUT2D eigenvalue weighted by Crippen LogP contribution is -2.45. The molecule has 0 bridgehead atoms. The molecule has 0 aliphatic rings. The number of nitrogens with one attached hydrogen (secondary N) is 1. The molecule has 1 heterocycles. The topological polar surface area (TPSA) is 61.3 Å². The molecule has 0 saturated carbocycles. The fourth-order valence-corrected chi connectivity index (χ4v) is 1.48. The van der Waals surface area contributed by atoms with E-state index in [1.807, 2.05) is 38.8 Å². The predicted molar refractivity (Wildman–Crippen MR) is 75.1 cm³/mol. The maximum absolute atomic E-state index is 9.41. The van der Waals surface area contributed by atoms with Crippen LogP contribution in [-0.4, -0.2) is 40.8 Å². The number of aliphatic hydroxyl groups is 1. The lowest BCUT2D eigenvalue weighted by Gasteiger charge is -2.35. The second kappa shape index (κ2) is 6.00. The molecule has 0 radical (unpaired) electrons. The van der Waals surface area contributed by atoms with E-state index in [0.29, 0.717) is 0 Å². The fourth-order valence-electron chi connectivity index (χ4n) is 1.48. The van der Waals surface area contributed by atoms with Crippen LogP contribution in [0.3, 0.4) is 0 Å². The number of aromatic nitrogens is 2. The molecule has 0 amide bonds. The van der Waals surface area contributed by atoms with Gasteiger partial charge in [-0.15, -0.1) is 0 Å². The van der Waals surface area contributed by atoms with Gasteiger partial charge in [-0.25, -0.2) is 9.97 Å². The van der Waals surface area contributed by atoms with Crippen LogP contribution in [0.1, 0.15) is 33.0 Å². The number of hydrogen-bond acceptors (Lipinski definition) is 5. The predicted octanol–water partition coefficient (Wildman–Crippen LogP) is 1.81. The van der Waals surface area contributed by atoms with E-state index in [1.54, 1.807) is 0 Å². The maximum atomic E-state index is 9.41. The zero-order chi connectivity index (χ0) is 13.8. The van der Waals surface area contributed by atoms with Crippen molar-refractivity contribution in [1.29, 1.82) is 0 Å². The summed E-state index contributed by atoms with van der Waals surface area (Å²) in [4.78, 5) is 10.7. The molecular weight excluding hydrogens is 228 g/mol. The number of likely N-dealkylation sites (N-methyl/N-ethyl adjacent to an activating group) is 1. The van der Waals surface area contributed by atoms with Gasteiger partial charge in [0.05, 0.1) is 12.1 Å². The number of rotatable bonds is 6. The molecule has 0 spiro atoms. The summed E-state index contributed by atoms with van der Waals surface area (Å²) >= 11 is 0. The van der Waals surface area contributed by atoms with Crippen molar-refractivity contribution >= 4 is 11.6 Å². The van der Waals surface area contributed by atoms with Gasteiger partial charge in [0.25, 0.3) is 0 Å². The van der Waals surface area contributed by atoms with Crippen molar-refractivity contribution < 1.29 is 5.11 Å². The zero-order valence-electron chi connectivity index (χ0n) is 12.0. The summed E-state index contributed by atoms with van der Waals surface area (Å²) in [6.07, 6.45) is 1.05. The van der Waals surface area contributed by atoms with Crippen LogP contribution in [0.15, 0.2) is 6.07 Å². The quantitative estimate of drug-likeness (QED) is 0.808. The number of aryl methyl sites for hydroxylation is 1. The molecule has 2 N–H and O–H groups in total. The van der Waals surface area contributed by atoms with Gasteiger partial charge in [-0.3, -0.25) is 0 Å². The molecule has 5 nitrogen and oxygen atoms in total. The second-order valence-corrected chi connectivity index (χ2v) is 5.11. The van der Waals surface area contributed by atoms with E-state index >= 15 is 0 Å². The van der Waals surface area contributed by atoms with Gasteiger partial charge in [0.1, 0.15) is 17.5 Å². The Kier molecular flexibility index (Phi) is 4.90. The van der Waals surface area contributed by atoms with Crippen LogP contribution >= 0.6 is 0 Å². The van der Waals surface area contributed by atoms with E-state index in [2.05, 4.69) is 22.2 Å². The molecule has 0 aromatic carbocycles. The largest absolute Gasteiger partial charge is 0.394 e. The Morgan fingerprint density at radius 2 is 2.06 bits per heavy atom. The van der Waals surface area contributed by atoms with E-state index in [4.69, 9.17) is 0 Å². The standard InChI is InChI=1S/C13H24N4O/c1-6-7-14-11-8-12(16-10(2)15-11)17(5)13(3,4)9-18/h8,18H,6-7,9H2,1-5H3,(H,14,15,16). The van der Waals surface area contributed by atoms with Crippen molar-refractivity contribution in [3.63, 3.8) is 0 Å². The molecular formula is C13H24N4O. The summed E-state index contributed by atoms with van der Waals surface area (Å²) in [5.41, 5.74) is -0.344. The van der Waals surface area contributed by atoms with Gasteiger partial charge in [-0.05, 0) is 27.2 Å². The van der Waals surface area contributed by atoms with Crippen molar-refractivity contribution in [2.45, 2.75) is 39.7 Å². The van der Waals surface area contributed by atoms with Gasteiger partial charge >= 0.3 is 0 Å². The molecule has 0 aliphatic heterocycles. The fraction of sp³-hybridized carbons (Fsp3) is 0.692. The Labute approximate surface area is 109 Å². The summed E-state index contributed by atoms with van der Waals surface area (Å²) in [5, 5.41) is 12.7. The van der Waals surface area contributed by atoms with Crippen LogP contribution in [0.5, 0.6) is 0 Å². The molecule has 0 aliphatic carbocycles. The van der Waals surface area contributed by atoms with Gasteiger partial charge in [0, 0.05) is 19.7 Å². The number of anilines is 2. The molecule has 102 valence electrons.